The van der Waals surface area contributed by atoms with E-state index in [1.165, 1.54) is 24.3 Å². The van der Waals surface area contributed by atoms with Crippen LogP contribution >= 0.6 is 0 Å². The highest BCUT2D eigenvalue weighted by atomic mass is 19.1. The van der Waals surface area contributed by atoms with Crippen LogP contribution in [-0.4, -0.2) is 27.5 Å². The van der Waals surface area contributed by atoms with Gasteiger partial charge in [0.05, 0.1) is 6.54 Å². The van der Waals surface area contributed by atoms with Crippen molar-refractivity contribution in [2.45, 2.75) is 32.9 Å². The van der Waals surface area contributed by atoms with Crippen LogP contribution in [0.1, 0.15) is 36.7 Å². The van der Waals surface area contributed by atoms with Crippen LogP contribution in [0.5, 0.6) is 0 Å². The van der Waals surface area contributed by atoms with E-state index >= 15 is 0 Å². The molecule has 6 heteroatoms. The van der Waals surface area contributed by atoms with Crippen molar-refractivity contribution >= 4 is 12.0 Å². The topological polar surface area (TPSA) is 59.5 Å². The molecule has 2 amide bonds. The maximum atomic E-state index is 13.1. The van der Waals surface area contributed by atoms with E-state index in [0.29, 0.717) is 5.56 Å². The highest BCUT2D eigenvalue weighted by molar-refractivity contribution is 6.02. The Bertz CT molecular complexity index is 709. The van der Waals surface area contributed by atoms with E-state index in [2.05, 4.69) is 4.98 Å². The molecule has 0 saturated carbocycles. The summed E-state index contributed by atoms with van der Waals surface area (Å²) >= 11 is 0. The Kier molecular flexibility index (Phi) is 5.28. The predicted octanol–water partition coefficient (Wildman–Crippen LogP) is 3.80. The zero-order chi connectivity index (χ0) is 17.7. The van der Waals surface area contributed by atoms with Gasteiger partial charge in [-0.3, -0.25) is 9.78 Å². The van der Waals surface area contributed by atoms with Crippen molar-refractivity contribution in [3.8, 4) is 0 Å². The van der Waals surface area contributed by atoms with Gasteiger partial charge in [0.25, 0.3) is 5.91 Å². The molecule has 0 aliphatic heterocycles. The molecule has 0 radical (unpaired) electrons. The molecule has 0 saturated heterocycles. The lowest BCUT2D eigenvalue weighted by Crippen LogP contribution is -2.40. The fourth-order valence-corrected chi connectivity index (χ4v) is 1.96. The first kappa shape index (κ1) is 17.6. The van der Waals surface area contributed by atoms with Gasteiger partial charge in [-0.15, -0.1) is 0 Å². The molecule has 0 aliphatic rings. The van der Waals surface area contributed by atoms with Crippen molar-refractivity contribution < 1.29 is 18.7 Å². The number of benzene rings is 1. The third kappa shape index (κ3) is 4.87. The summed E-state index contributed by atoms with van der Waals surface area (Å²) in [6, 6.07) is 8.47. The molecule has 0 N–H and O–H groups in total. The van der Waals surface area contributed by atoms with E-state index in [4.69, 9.17) is 4.74 Å². The Morgan fingerprint density at radius 3 is 2.38 bits per heavy atom. The van der Waals surface area contributed by atoms with E-state index < -0.39 is 23.4 Å². The second kappa shape index (κ2) is 7.21. The fourth-order valence-electron chi connectivity index (χ4n) is 1.96. The minimum Gasteiger partial charge on any atom is -0.443 e. The SMILES string of the molecule is CC(C)(C)OC(=O)N(Cc1cccnc1)C(=O)c1ccc(F)cc1. The monoisotopic (exact) mass is 330 g/mol. The lowest BCUT2D eigenvalue weighted by molar-refractivity contribution is 0.0227. The number of pyridine rings is 1. The van der Waals surface area contributed by atoms with Crippen LogP contribution in [0.2, 0.25) is 0 Å². The van der Waals surface area contributed by atoms with Crippen molar-refractivity contribution in [2.75, 3.05) is 0 Å². The lowest BCUT2D eigenvalue weighted by atomic mass is 10.1. The summed E-state index contributed by atoms with van der Waals surface area (Å²) < 4.78 is 18.4. The molecule has 1 aromatic carbocycles. The van der Waals surface area contributed by atoms with E-state index in [-0.39, 0.29) is 12.1 Å². The number of amides is 2. The number of halogens is 1. The number of imide groups is 1. The van der Waals surface area contributed by atoms with Crippen LogP contribution in [-0.2, 0) is 11.3 Å². The summed E-state index contributed by atoms with van der Waals surface area (Å²) in [5.74, 6) is -1.02. The maximum Gasteiger partial charge on any atom is 0.417 e. The molecule has 0 bridgehead atoms. The second-order valence-corrected chi connectivity index (χ2v) is 6.24. The Hall–Kier alpha value is -2.76. The molecule has 1 heterocycles. The van der Waals surface area contributed by atoms with E-state index in [1.54, 1.807) is 45.3 Å². The normalized spacial score (nSPS) is 11.0. The van der Waals surface area contributed by atoms with Crippen molar-refractivity contribution in [2.24, 2.45) is 0 Å². The van der Waals surface area contributed by atoms with Gasteiger partial charge in [0, 0.05) is 18.0 Å². The van der Waals surface area contributed by atoms with Gasteiger partial charge in [0.2, 0.25) is 0 Å². The molecule has 0 unspecified atom stereocenters. The van der Waals surface area contributed by atoms with Gasteiger partial charge in [0.1, 0.15) is 11.4 Å². The first-order chi connectivity index (χ1) is 11.3. The molecule has 126 valence electrons. The Morgan fingerprint density at radius 2 is 1.83 bits per heavy atom. The molecule has 2 rings (SSSR count). The van der Waals surface area contributed by atoms with Gasteiger partial charge in [-0.05, 0) is 56.7 Å². The average Bonchev–Trinajstić information content (AvgIpc) is 2.52. The van der Waals surface area contributed by atoms with E-state index in [9.17, 15) is 14.0 Å². The summed E-state index contributed by atoms with van der Waals surface area (Å²) in [5.41, 5.74) is 0.137. The largest absolute Gasteiger partial charge is 0.443 e. The maximum absolute atomic E-state index is 13.1. The van der Waals surface area contributed by atoms with Crippen molar-refractivity contribution in [1.82, 2.24) is 9.88 Å². The third-order valence-corrected chi connectivity index (χ3v) is 3.01. The molecule has 0 spiro atoms. The van der Waals surface area contributed by atoms with Crippen LogP contribution in [0, 0.1) is 5.82 Å². The lowest BCUT2D eigenvalue weighted by Gasteiger charge is -2.26. The average molecular weight is 330 g/mol. The molecular formula is C18H19FN2O3. The summed E-state index contributed by atoms with van der Waals surface area (Å²) in [6.45, 7) is 5.17. The number of carbonyl (C=O) groups excluding carboxylic acids is 2. The molecule has 1 aromatic heterocycles. The number of rotatable bonds is 3. The highest BCUT2D eigenvalue weighted by Crippen LogP contribution is 2.16. The van der Waals surface area contributed by atoms with Gasteiger partial charge in [0.15, 0.2) is 0 Å². The van der Waals surface area contributed by atoms with Crippen LogP contribution in [0.15, 0.2) is 48.8 Å². The van der Waals surface area contributed by atoms with Crippen molar-refractivity contribution in [3.05, 3.63) is 65.7 Å². The number of ether oxygens (including phenoxy) is 1. The molecule has 0 aliphatic carbocycles. The van der Waals surface area contributed by atoms with Gasteiger partial charge in [-0.2, -0.15) is 0 Å². The van der Waals surface area contributed by atoms with Crippen LogP contribution in [0.25, 0.3) is 0 Å². The highest BCUT2D eigenvalue weighted by Gasteiger charge is 2.28. The summed E-state index contributed by atoms with van der Waals surface area (Å²) in [6.07, 6.45) is 2.40. The van der Waals surface area contributed by atoms with Gasteiger partial charge >= 0.3 is 6.09 Å². The second-order valence-electron chi connectivity index (χ2n) is 6.24. The third-order valence-electron chi connectivity index (χ3n) is 3.01. The molecular weight excluding hydrogens is 311 g/mol. The minimum absolute atomic E-state index is 0.0129. The molecule has 0 atom stereocenters. The standard InChI is InChI=1S/C18H19FN2O3/c1-18(2,3)24-17(23)21(12-13-5-4-10-20-11-13)16(22)14-6-8-15(19)9-7-14/h4-11H,12H2,1-3H3. The van der Waals surface area contributed by atoms with Crippen molar-refractivity contribution in [1.29, 1.82) is 0 Å². The fraction of sp³-hybridized carbons (Fsp3) is 0.278. The first-order valence-corrected chi connectivity index (χ1v) is 7.45. The number of aromatic nitrogens is 1. The molecule has 2 aromatic rings. The Morgan fingerprint density at radius 1 is 1.17 bits per heavy atom. The zero-order valence-corrected chi connectivity index (χ0v) is 13.8. The predicted molar refractivity (Wildman–Crippen MR) is 86.7 cm³/mol. The summed E-state index contributed by atoms with van der Waals surface area (Å²) in [4.78, 5) is 30.1. The number of hydrogen-bond donors (Lipinski definition) is 0. The number of hydrogen-bond acceptors (Lipinski definition) is 4. The number of nitrogens with zero attached hydrogens (tertiary/aromatic N) is 2. The zero-order valence-electron chi connectivity index (χ0n) is 13.8. The Balaban J connectivity index is 2.29. The molecule has 5 nitrogen and oxygen atoms in total. The first-order valence-electron chi connectivity index (χ1n) is 7.45. The van der Waals surface area contributed by atoms with Crippen LogP contribution in [0.4, 0.5) is 9.18 Å². The van der Waals surface area contributed by atoms with Crippen LogP contribution < -0.4 is 0 Å². The number of carbonyl (C=O) groups is 2. The van der Waals surface area contributed by atoms with E-state index in [1.807, 2.05) is 0 Å². The smallest absolute Gasteiger partial charge is 0.417 e. The summed E-state index contributed by atoms with van der Waals surface area (Å²) in [7, 11) is 0. The molecule has 24 heavy (non-hydrogen) atoms. The quantitative estimate of drug-likeness (QED) is 0.859. The van der Waals surface area contributed by atoms with Crippen LogP contribution in [0.3, 0.4) is 0 Å². The van der Waals surface area contributed by atoms with Gasteiger partial charge in [-0.25, -0.2) is 14.1 Å². The summed E-state index contributed by atoms with van der Waals surface area (Å²) in [5, 5.41) is 0. The van der Waals surface area contributed by atoms with Crippen molar-refractivity contribution in [3.63, 3.8) is 0 Å². The van der Waals surface area contributed by atoms with Gasteiger partial charge < -0.3 is 4.74 Å². The Labute approximate surface area is 140 Å². The molecule has 0 fully saturated rings. The minimum atomic E-state index is -0.763. The van der Waals surface area contributed by atoms with Gasteiger partial charge in [-0.1, -0.05) is 6.07 Å². The van der Waals surface area contributed by atoms with E-state index in [0.717, 1.165) is 4.90 Å².